The van der Waals surface area contributed by atoms with Gasteiger partial charge in [0.15, 0.2) is 17.2 Å². The largest absolute Gasteiger partial charge is 0.454 e. The minimum absolute atomic E-state index is 0.528. The van der Waals surface area contributed by atoms with Crippen LogP contribution in [0.25, 0.3) is 106 Å². The van der Waals surface area contributed by atoms with Gasteiger partial charge >= 0.3 is 0 Å². The molecule has 0 fully saturated rings. The van der Waals surface area contributed by atoms with Crippen molar-refractivity contribution in [2.45, 2.75) is 0 Å². The maximum Gasteiger partial charge on any atom is 0.238 e. The lowest BCUT2D eigenvalue weighted by molar-refractivity contribution is 0.670. The van der Waals surface area contributed by atoms with Crippen LogP contribution in [0.1, 0.15) is 0 Å². The van der Waals surface area contributed by atoms with Crippen molar-refractivity contribution >= 4 is 43.7 Å². The van der Waals surface area contributed by atoms with Crippen LogP contribution in [-0.2, 0) is 0 Å². The number of hydrogen-bond donors (Lipinski definition) is 0. The fraction of sp³-hybridized carbons (Fsp3) is 0. The average molecular weight is 717 g/mol. The van der Waals surface area contributed by atoms with Crippen molar-refractivity contribution in [3.8, 4) is 62.1 Å². The Bertz CT molecular complexity index is 3160. The third kappa shape index (κ3) is 5.37. The van der Waals surface area contributed by atoms with E-state index >= 15 is 0 Å². The highest BCUT2D eigenvalue weighted by Crippen LogP contribution is 2.40. The summed E-state index contributed by atoms with van der Waals surface area (Å²) in [6.07, 6.45) is 0. The minimum Gasteiger partial charge on any atom is -0.454 e. The van der Waals surface area contributed by atoms with Crippen LogP contribution in [0.5, 0.6) is 0 Å². The Hall–Kier alpha value is -7.63. The third-order valence-electron chi connectivity index (χ3n) is 10.7. The lowest BCUT2D eigenvalue weighted by atomic mass is 9.93. The second-order valence-electron chi connectivity index (χ2n) is 14.0. The van der Waals surface area contributed by atoms with Gasteiger partial charge in [0.05, 0.1) is 5.52 Å². The number of aromatic nitrogens is 4. The first-order chi connectivity index (χ1) is 27.7. The monoisotopic (exact) mass is 716 g/mol. The molecule has 0 aliphatic heterocycles. The molecule has 0 unspecified atom stereocenters. The van der Waals surface area contributed by atoms with Gasteiger partial charge in [-0.05, 0) is 69.8 Å². The van der Waals surface area contributed by atoms with Crippen molar-refractivity contribution in [1.82, 2.24) is 19.5 Å². The molecule has 262 valence electrons. The van der Waals surface area contributed by atoms with Gasteiger partial charge < -0.3 is 4.42 Å². The molecule has 0 bridgehead atoms. The van der Waals surface area contributed by atoms with E-state index in [9.17, 15) is 0 Å². The van der Waals surface area contributed by atoms with Crippen LogP contribution >= 0.6 is 0 Å². The highest BCUT2D eigenvalue weighted by atomic mass is 16.3. The lowest BCUT2D eigenvalue weighted by Gasteiger charge is -2.13. The van der Waals surface area contributed by atoms with Crippen molar-refractivity contribution in [3.05, 3.63) is 194 Å². The van der Waals surface area contributed by atoms with Crippen molar-refractivity contribution in [1.29, 1.82) is 0 Å². The van der Waals surface area contributed by atoms with E-state index in [0.717, 1.165) is 66.0 Å². The Morgan fingerprint density at radius 3 is 1.43 bits per heavy atom. The Morgan fingerprint density at radius 1 is 0.339 bits per heavy atom. The summed E-state index contributed by atoms with van der Waals surface area (Å²) in [7, 11) is 0. The lowest BCUT2D eigenvalue weighted by Crippen LogP contribution is -2.06. The molecule has 0 spiro atoms. The van der Waals surface area contributed by atoms with E-state index in [1.807, 2.05) is 42.5 Å². The maximum atomic E-state index is 6.62. The normalized spacial score (nSPS) is 11.6. The van der Waals surface area contributed by atoms with E-state index in [4.69, 9.17) is 19.4 Å². The molecular weight excluding hydrogens is 685 g/mol. The average Bonchev–Trinajstić information content (AvgIpc) is 3.83. The first kappa shape index (κ1) is 31.9. The molecule has 5 nitrogen and oxygen atoms in total. The number of para-hydroxylation sites is 2. The highest BCUT2D eigenvalue weighted by molar-refractivity contribution is 6.21. The summed E-state index contributed by atoms with van der Waals surface area (Å²) < 4.78 is 8.76. The molecule has 3 aromatic heterocycles. The molecule has 11 rings (SSSR count). The first-order valence-corrected chi connectivity index (χ1v) is 18.8. The molecule has 8 aromatic carbocycles. The predicted molar refractivity (Wildman–Crippen MR) is 229 cm³/mol. The van der Waals surface area contributed by atoms with Crippen LogP contribution < -0.4 is 0 Å². The molecule has 0 saturated heterocycles. The number of furan rings is 1. The molecule has 3 heterocycles. The maximum absolute atomic E-state index is 6.62. The minimum atomic E-state index is 0.528. The fourth-order valence-corrected chi connectivity index (χ4v) is 7.95. The molecule has 0 amide bonds. The van der Waals surface area contributed by atoms with Gasteiger partial charge in [0.1, 0.15) is 11.1 Å². The van der Waals surface area contributed by atoms with E-state index in [-0.39, 0.29) is 0 Å². The zero-order valence-corrected chi connectivity index (χ0v) is 30.2. The second-order valence-corrected chi connectivity index (χ2v) is 14.0. The zero-order valence-electron chi connectivity index (χ0n) is 30.2. The van der Waals surface area contributed by atoms with Crippen LogP contribution in [0.3, 0.4) is 0 Å². The van der Waals surface area contributed by atoms with Gasteiger partial charge in [0.2, 0.25) is 5.95 Å². The summed E-state index contributed by atoms with van der Waals surface area (Å²) in [6, 6.07) is 67.5. The van der Waals surface area contributed by atoms with Crippen molar-refractivity contribution < 1.29 is 4.42 Å². The first-order valence-electron chi connectivity index (χ1n) is 18.8. The number of hydrogen-bond acceptors (Lipinski definition) is 4. The smallest absolute Gasteiger partial charge is 0.238 e. The van der Waals surface area contributed by atoms with E-state index in [1.54, 1.807) is 0 Å². The zero-order chi connectivity index (χ0) is 37.0. The molecule has 0 aliphatic carbocycles. The fourth-order valence-electron chi connectivity index (χ4n) is 7.95. The molecule has 11 aromatic rings. The number of nitrogens with zero attached hydrogens (tertiary/aromatic N) is 4. The Balaban J connectivity index is 1.09. The molecule has 0 radical (unpaired) electrons. The molecule has 0 saturated carbocycles. The topological polar surface area (TPSA) is 56.7 Å². The number of rotatable bonds is 6. The quantitative estimate of drug-likeness (QED) is 0.172. The van der Waals surface area contributed by atoms with E-state index < -0.39 is 0 Å². The van der Waals surface area contributed by atoms with Gasteiger partial charge in [-0.25, -0.2) is 4.98 Å². The van der Waals surface area contributed by atoms with Gasteiger partial charge in [0, 0.05) is 32.7 Å². The van der Waals surface area contributed by atoms with Crippen LogP contribution in [0.2, 0.25) is 0 Å². The highest BCUT2D eigenvalue weighted by Gasteiger charge is 2.22. The SMILES string of the molecule is c1ccc(-c2cc(-c3ccccc3)cc(-c3ccc(-c4nc(-c5ccccc5)nc(-n5c6ccccc6c6ccc7c8ccccc8oc7c65)n4)cc3)c2)cc1. The van der Waals surface area contributed by atoms with Gasteiger partial charge in [-0.15, -0.1) is 0 Å². The standard InChI is InChI=1S/C51H32N4O/c1-4-14-33(15-5-1)38-30-39(34-16-6-2-7-17-34)32-40(31-38)35-24-26-37(27-25-35)50-52-49(36-18-8-3-9-19-36)53-51(54-50)55-45-22-12-10-20-41(45)43-28-29-44-42-21-11-13-23-46(42)56-48(44)47(43)55/h1-32H. The second kappa shape index (κ2) is 13.0. The van der Waals surface area contributed by atoms with Gasteiger partial charge in [-0.3, -0.25) is 4.57 Å². The van der Waals surface area contributed by atoms with E-state index in [1.165, 1.54) is 22.3 Å². The van der Waals surface area contributed by atoms with Crippen LogP contribution in [0, 0.1) is 0 Å². The number of benzene rings is 8. The van der Waals surface area contributed by atoms with Gasteiger partial charge in [-0.1, -0.05) is 158 Å². The summed E-state index contributed by atoms with van der Waals surface area (Å²) in [5.74, 6) is 1.71. The Kier molecular flexibility index (Phi) is 7.42. The van der Waals surface area contributed by atoms with E-state index in [2.05, 4.69) is 156 Å². The summed E-state index contributed by atoms with van der Waals surface area (Å²) in [5.41, 5.74) is 12.3. The van der Waals surface area contributed by atoms with Crippen LogP contribution in [-0.4, -0.2) is 19.5 Å². The van der Waals surface area contributed by atoms with Crippen molar-refractivity contribution in [2.75, 3.05) is 0 Å². The summed E-state index contributed by atoms with van der Waals surface area (Å²) in [6.45, 7) is 0. The van der Waals surface area contributed by atoms with Crippen molar-refractivity contribution in [2.24, 2.45) is 0 Å². The van der Waals surface area contributed by atoms with Crippen LogP contribution in [0.15, 0.2) is 199 Å². The van der Waals surface area contributed by atoms with Gasteiger partial charge in [-0.2, -0.15) is 9.97 Å². The summed E-state index contributed by atoms with van der Waals surface area (Å²) in [4.78, 5) is 15.5. The van der Waals surface area contributed by atoms with Crippen molar-refractivity contribution in [3.63, 3.8) is 0 Å². The van der Waals surface area contributed by atoms with Gasteiger partial charge in [0.25, 0.3) is 0 Å². The Morgan fingerprint density at radius 2 is 0.804 bits per heavy atom. The molecule has 0 aliphatic rings. The molecule has 0 N–H and O–H groups in total. The summed E-state index contributed by atoms with van der Waals surface area (Å²) >= 11 is 0. The Labute approximate surface area is 322 Å². The molecule has 5 heteroatoms. The molecule has 0 atom stereocenters. The predicted octanol–water partition coefficient (Wildman–Crippen LogP) is 13.2. The molecule has 56 heavy (non-hydrogen) atoms. The van der Waals surface area contributed by atoms with Crippen LogP contribution in [0.4, 0.5) is 0 Å². The number of fused-ring (bicyclic) bond motifs is 7. The molecular formula is C51H32N4O. The van der Waals surface area contributed by atoms with E-state index in [0.29, 0.717) is 17.6 Å². The third-order valence-corrected chi connectivity index (χ3v) is 10.7. The summed E-state index contributed by atoms with van der Waals surface area (Å²) in [5, 5.41) is 4.31.